The third-order valence-electron chi connectivity index (χ3n) is 4.03. The van der Waals surface area contributed by atoms with E-state index in [1.807, 2.05) is 0 Å². The van der Waals surface area contributed by atoms with Crippen LogP contribution in [0.4, 0.5) is 16.2 Å². The van der Waals surface area contributed by atoms with Crippen molar-refractivity contribution in [3.63, 3.8) is 0 Å². The Morgan fingerprint density at radius 3 is 2.50 bits per heavy atom. The van der Waals surface area contributed by atoms with Crippen molar-refractivity contribution >= 4 is 23.3 Å². The highest BCUT2D eigenvalue weighted by molar-refractivity contribution is 6.04. The first-order valence-electron chi connectivity index (χ1n) is 8.49. The first-order chi connectivity index (χ1) is 12.6. The molecule has 0 radical (unpaired) electrons. The highest BCUT2D eigenvalue weighted by Crippen LogP contribution is 2.16. The Bertz CT molecular complexity index is 751. The molecule has 0 saturated carbocycles. The molecule has 2 aromatic rings. The van der Waals surface area contributed by atoms with Crippen LogP contribution < -0.4 is 21.7 Å². The quantitative estimate of drug-likeness (QED) is 0.632. The molecule has 3 amide bonds. The van der Waals surface area contributed by atoms with E-state index in [1.165, 1.54) is 6.26 Å². The van der Waals surface area contributed by atoms with Crippen LogP contribution in [0.5, 0.6) is 0 Å². The van der Waals surface area contributed by atoms with Gasteiger partial charge in [0, 0.05) is 24.5 Å². The predicted octanol–water partition coefficient (Wildman–Crippen LogP) is 2.29. The smallest absolute Gasteiger partial charge is 0.319 e. The summed E-state index contributed by atoms with van der Waals surface area (Å²) in [7, 11) is 0. The van der Waals surface area contributed by atoms with Crippen LogP contribution in [0, 0.1) is 0 Å². The van der Waals surface area contributed by atoms with E-state index in [2.05, 4.69) is 16.0 Å². The predicted molar refractivity (Wildman–Crippen MR) is 97.0 cm³/mol. The molecule has 1 saturated heterocycles. The Morgan fingerprint density at radius 2 is 1.88 bits per heavy atom. The lowest BCUT2D eigenvalue weighted by Gasteiger charge is -2.12. The molecule has 0 spiro atoms. The van der Waals surface area contributed by atoms with Crippen LogP contribution in [0.25, 0.3) is 0 Å². The molecule has 1 unspecified atom stereocenters. The van der Waals surface area contributed by atoms with Crippen LogP contribution in [0.3, 0.4) is 0 Å². The van der Waals surface area contributed by atoms with Gasteiger partial charge in [0.05, 0.1) is 18.2 Å². The summed E-state index contributed by atoms with van der Waals surface area (Å²) in [4.78, 5) is 24.0. The maximum Gasteiger partial charge on any atom is 0.319 e. The van der Waals surface area contributed by atoms with Gasteiger partial charge in [0.15, 0.2) is 0 Å². The standard InChI is InChI=1S/C18H22N4O4/c19-9-16-8-12(11-26-16)17(23)21-13-3-5-14(6-4-13)22-18(24)20-10-15-2-1-7-25-15/h3-6,8,11,15H,1-2,7,9-10,19H2,(H,21,23)(H2,20,22,24). The molecule has 1 fully saturated rings. The molecule has 0 aliphatic carbocycles. The second-order valence-electron chi connectivity index (χ2n) is 6.01. The van der Waals surface area contributed by atoms with Crippen molar-refractivity contribution in [2.45, 2.75) is 25.5 Å². The molecule has 1 aromatic carbocycles. The fourth-order valence-electron chi connectivity index (χ4n) is 2.63. The third-order valence-corrected chi connectivity index (χ3v) is 4.03. The van der Waals surface area contributed by atoms with Crippen molar-refractivity contribution in [2.24, 2.45) is 5.73 Å². The highest BCUT2D eigenvalue weighted by atomic mass is 16.5. The maximum absolute atomic E-state index is 12.1. The lowest BCUT2D eigenvalue weighted by Crippen LogP contribution is -2.35. The number of nitrogens with one attached hydrogen (secondary N) is 3. The molecule has 2 heterocycles. The summed E-state index contributed by atoms with van der Waals surface area (Å²) in [6.45, 7) is 1.49. The second kappa shape index (κ2) is 8.50. The molecular formula is C18H22N4O4. The second-order valence-corrected chi connectivity index (χ2v) is 6.01. The van der Waals surface area contributed by atoms with Gasteiger partial charge in [0.25, 0.3) is 5.91 Å². The number of ether oxygens (including phenoxy) is 1. The number of urea groups is 1. The first-order valence-corrected chi connectivity index (χ1v) is 8.49. The van der Waals surface area contributed by atoms with Crippen molar-refractivity contribution in [1.82, 2.24) is 5.32 Å². The minimum absolute atomic E-state index is 0.0982. The van der Waals surface area contributed by atoms with Crippen LogP contribution >= 0.6 is 0 Å². The van der Waals surface area contributed by atoms with E-state index in [4.69, 9.17) is 14.9 Å². The Labute approximate surface area is 151 Å². The van der Waals surface area contributed by atoms with E-state index in [0.717, 1.165) is 19.4 Å². The number of hydrogen-bond acceptors (Lipinski definition) is 5. The number of benzene rings is 1. The van der Waals surface area contributed by atoms with E-state index in [1.54, 1.807) is 30.3 Å². The Kier molecular flexibility index (Phi) is 5.88. The van der Waals surface area contributed by atoms with Gasteiger partial charge in [0.2, 0.25) is 0 Å². The van der Waals surface area contributed by atoms with Gasteiger partial charge >= 0.3 is 6.03 Å². The molecule has 26 heavy (non-hydrogen) atoms. The van der Waals surface area contributed by atoms with E-state index in [-0.39, 0.29) is 24.6 Å². The van der Waals surface area contributed by atoms with Crippen molar-refractivity contribution in [3.05, 3.63) is 47.9 Å². The van der Waals surface area contributed by atoms with Gasteiger partial charge in [-0.15, -0.1) is 0 Å². The van der Waals surface area contributed by atoms with Gasteiger partial charge in [-0.1, -0.05) is 0 Å². The molecule has 1 aliphatic heterocycles. The Hall–Kier alpha value is -2.84. The summed E-state index contributed by atoms with van der Waals surface area (Å²) in [5.41, 5.74) is 7.09. The number of carbonyl (C=O) groups is 2. The normalized spacial score (nSPS) is 16.3. The van der Waals surface area contributed by atoms with E-state index < -0.39 is 0 Å². The number of amides is 3. The summed E-state index contributed by atoms with van der Waals surface area (Å²) in [5, 5.41) is 8.28. The van der Waals surface area contributed by atoms with Gasteiger partial charge in [-0.2, -0.15) is 0 Å². The molecule has 0 bridgehead atoms. The summed E-state index contributed by atoms with van der Waals surface area (Å²) in [5.74, 6) is 0.257. The fourth-order valence-corrected chi connectivity index (χ4v) is 2.63. The van der Waals surface area contributed by atoms with Gasteiger partial charge in [-0.25, -0.2) is 4.79 Å². The molecule has 1 aliphatic rings. The Morgan fingerprint density at radius 1 is 1.15 bits per heavy atom. The molecule has 138 valence electrons. The number of carbonyl (C=O) groups excluding carboxylic acids is 2. The minimum atomic E-state index is -0.288. The number of rotatable bonds is 6. The van der Waals surface area contributed by atoms with Crippen LogP contribution in [0.1, 0.15) is 29.0 Å². The molecule has 3 rings (SSSR count). The third kappa shape index (κ3) is 4.84. The van der Waals surface area contributed by atoms with Crippen molar-refractivity contribution in [2.75, 3.05) is 23.8 Å². The minimum Gasteiger partial charge on any atom is -0.467 e. The van der Waals surface area contributed by atoms with Crippen molar-refractivity contribution in [3.8, 4) is 0 Å². The van der Waals surface area contributed by atoms with Crippen molar-refractivity contribution < 1.29 is 18.7 Å². The SMILES string of the molecule is NCc1cc(C(=O)Nc2ccc(NC(=O)NCC3CCCO3)cc2)co1. The van der Waals surface area contributed by atoms with E-state index in [0.29, 0.717) is 29.2 Å². The van der Waals surface area contributed by atoms with Gasteiger partial charge in [0.1, 0.15) is 12.0 Å². The van der Waals surface area contributed by atoms with Crippen molar-refractivity contribution in [1.29, 1.82) is 0 Å². The molecule has 8 heteroatoms. The van der Waals surface area contributed by atoms with Gasteiger partial charge in [-0.3, -0.25) is 4.79 Å². The average molecular weight is 358 g/mol. The molecule has 8 nitrogen and oxygen atoms in total. The van der Waals surface area contributed by atoms with Crippen LogP contribution in [0.2, 0.25) is 0 Å². The molecule has 1 atom stereocenters. The summed E-state index contributed by atoms with van der Waals surface area (Å²) < 4.78 is 10.6. The summed E-state index contributed by atoms with van der Waals surface area (Å²) in [6.07, 6.45) is 3.47. The Balaban J connectivity index is 1.48. The molecule has 1 aromatic heterocycles. The lowest BCUT2D eigenvalue weighted by atomic mass is 10.2. The van der Waals surface area contributed by atoms with Gasteiger partial charge in [-0.05, 0) is 43.2 Å². The average Bonchev–Trinajstić information content (AvgIpc) is 3.33. The zero-order chi connectivity index (χ0) is 18.4. The largest absolute Gasteiger partial charge is 0.467 e. The van der Waals surface area contributed by atoms with Crippen LogP contribution in [0.15, 0.2) is 41.0 Å². The number of nitrogens with two attached hydrogens (primary N) is 1. The van der Waals surface area contributed by atoms with Crippen LogP contribution in [-0.4, -0.2) is 31.2 Å². The van der Waals surface area contributed by atoms with E-state index in [9.17, 15) is 9.59 Å². The number of furan rings is 1. The molecular weight excluding hydrogens is 336 g/mol. The topological polar surface area (TPSA) is 119 Å². The van der Waals surface area contributed by atoms with Gasteiger partial charge < -0.3 is 30.8 Å². The summed E-state index contributed by atoms with van der Waals surface area (Å²) >= 11 is 0. The van der Waals surface area contributed by atoms with Crippen LogP contribution in [-0.2, 0) is 11.3 Å². The number of anilines is 2. The lowest BCUT2D eigenvalue weighted by molar-refractivity contribution is 0.102. The fraction of sp³-hybridized carbons (Fsp3) is 0.333. The zero-order valence-corrected chi connectivity index (χ0v) is 14.3. The monoisotopic (exact) mass is 358 g/mol. The maximum atomic E-state index is 12.1. The molecule has 5 N–H and O–H groups in total. The highest BCUT2D eigenvalue weighted by Gasteiger charge is 2.16. The van der Waals surface area contributed by atoms with E-state index >= 15 is 0 Å². The number of hydrogen-bond donors (Lipinski definition) is 4. The summed E-state index contributed by atoms with van der Waals surface area (Å²) in [6, 6.07) is 8.15. The zero-order valence-electron chi connectivity index (χ0n) is 14.3. The first kappa shape index (κ1) is 18.0.